The lowest BCUT2D eigenvalue weighted by molar-refractivity contribution is -0.115. The second kappa shape index (κ2) is 8.59. The third-order valence-electron chi connectivity index (χ3n) is 4.19. The zero-order valence-electron chi connectivity index (χ0n) is 15.9. The highest BCUT2D eigenvalue weighted by Crippen LogP contribution is 2.32. The number of hydrogen-bond donors (Lipinski definition) is 0. The van der Waals surface area contributed by atoms with Gasteiger partial charge >= 0.3 is 0 Å². The van der Waals surface area contributed by atoms with Gasteiger partial charge in [-0.05, 0) is 30.7 Å². The number of aromatic nitrogens is 3. The number of carbonyl (C=O) groups is 1. The minimum atomic E-state index is -0.0791. The average molecular weight is 423 g/mol. The molecule has 0 saturated carbocycles. The Labute approximate surface area is 176 Å². The molecule has 0 unspecified atom stereocenters. The molecule has 2 aromatic carbocycles. The van der Waals surface area contributed by atoms with Gasteiger partial charge in [0.25, 0.3) is 5.22 Å². The molecule has 4 aromatic rings. The molecule has 4 rings (SSSR count). The smallest absolute Gasteiger partial charge is 0.277 e. The highest BCUT2D eigenvalue weighted by molar-refractivity contribution is 7.98. The number of thiazole rings is 1. The SMILES string of the molecule is CC(=O)N(c1ccccc1)c1nc(CSc2nnc(-c3ccccc3C)o2)cs1. The number of benzene rings is 2. The number of hydrogen-bond acceptors (Lipinski definition) is 7. The van der Waals surface area contributed by atoms with Crippen LogP contribution in [0.3, 0.4) is 0 Å². The van der Waals surface area contributed by atoms with E-state index in [4.69, 9.17) is 4.42 Å². The monoisotopic (exact) mass is 422 g/mol. The fourth-order valence-electron chi connectivity index (χ4n) is 2.79. The van der Waals surface area contributed by atoms with Crippen LogP contribution in [0, 0.1) is 6.92 Å². The first-order chi connectivity index (χ1) is 14.1. The van der Waals surface area contributed by atoms with Crippen molar-refractivity contribution in [3.63, 3.8) is 0 Å². The minimum Gasteiger partial charge on any atom is -0.411 e. The van der Waals surface area contributed by atoms with Gasteiger partial charge in [-0.3, -0.25) is 9.69 Å². The molecule has 0 fully saturated rings. The first kappa shape index (κ1) is 19.4. The summed E-state index contributed by atoms with van der Waals surface area (Å²) in [4.78, 5) is 18.4. The third-order valence-corrected chi connectivity index (χ3v) is 5.91. The van der Waals surface area contributed by atoms with E-state index >= 15 is 0 Å². The van der Waals surface area contributed by atoms with E-state index in [-0.39, 0.29) is 5.91 Å². The van der Waals surface area contributed by atoms with Gasteiger partial charge in [0.05, 0.1) is 11.4 Å². The van der Waals surface area contributed by atoms with Crippen molar-refractivity contribution in [3.05, 3.63) is 71.2 Å². The number of amides is 1. The van der Waals surface area contributed by atoms with Gasteiger partial charge in [0, 0.05) is 23.6 Å². The predicted octanol–water partition coefficient (Wildman–Crippen LogP) is 5.48. The first-order valence-electron chi connectivity index (χ1n) is 8.94. The Balaban J connectivity index is 1.46. The molecule has 0 saturated heterocycles. The van der Waals surface area contributed by atoms with Gasteiger partial charge in [-0.25, -0.2) is 4.98 Å². The summed E-state index contributed by atoms with van der Waals surface area (Å²) < 4.78 is 5.79. The maximum absolute atomic E-state index is 12.2. The molecule has 0 atom stereocenters. The van der Waals surface area contributed by atoms with Crippen LogP contribution in [-0.4, -0.2) is 21.1 Å². The maximum Gasteiger partial charge on any atom is 0.277 e. The summed E-state index contributed by atoms with van der Waals surface area (Å²) in [6.07, 6.45) is 0. The second-order valence-electron chi connectivity index (χ2n) is 6.29. The quantitative estimate of drug-likeness (QED) is 0.383. The molecule has 2 heterocycles. The molecule has 8 heteroatoms. The predicted molar refractivity (Wildman–Crippen MR) is 115 cm³/mol. The van der Waals surface area contributed by atoms with Gasteiger partial charge in [-0.1, -0.05) is 48.2 Å². The summed E-state index contributed by atoms with van der Waals surface area (Å²) in [6, 6.07) is 17.4. The molecule has 146 valence electrons. The fraction of sp³-hybridized carbons (Fsp3) is 0.143. The van der Waals surface area contributed by atoms with Crippen LogP contribution in [0.15, 0.2) is 69.6 Å². The molecule has 0 N–H and O–H groups in total. The van der Waals surface area contributed by atoms with E-state index in [2.05, 4.69) is 15.2 Å². The molecule has 0 spiro atoms. The molecule has 0 aliphatic carbocycles. The van der Waals surface area contributed by atoms with Crippen LogP contribution in [0.1, 0.15) is 18.2 Å². The van der Waals surface area contributed by atoms with Gasteiger partial charge in [0.1, 0.15) is 0 Å². The van der Waals surface area contributed by atoms with Crippen LogP contribution in [0.2, 0.25) is 0 Å². The normalized spacial score (nSPS) is 10.8. The Morgan fingerprint density at radius 2 is 1.86 bits per heavy atom. The number of para-hydroxylation sites is 1. The number of nitrogens with zero attached hydrogens (tertiary/aromatic N) is 4. The highest BCUT2D eigenvalue weighted by atomic mass is 32.2. The van der Waals surface area contributed by atoms with Crippen molar-refractivity contribution in [2.45, 2.75) is 24.8 Å². The van der Waals surface area contributed by atoms with Crippen molar-refractivity contribution >= 4 is 39.8 Å². The Bertz CT molecular complexity index is 1120. The Kier molecular flexibility index (Phi) is 5.73. The Morgan fingerprint density at radius 1 is 1.10 bits per heavy atom. The van der Waals surface area contributed by atoms with Crippen LogP contribution in [0.4, 0.5) is 10.8 Å². The van der Waals surface area contributed by atoms with Crippen molar-refractivity contribution < 1.29 is 9.21 Å². The minimum absolute atomic E-state index is 0.0791. The molecule has 6 nitrogen and oxygen atoms in total. The molecule has 0 bridgehead atoms. The van der Waals surface area contributed by atoms with Crippen molar-refractivity contribution in [2.24, 2.45) is 0 Å². The molecule has 0 radical (unpaired) electrons. The Hall–Kier alpha value is -2.97. The van der Waals surface area contributed by atoms with E-state index in [9.17, 15) is 4.79 Å². The zero-order chi connectivity index (χ0) is 20.2. The lowest BCUT2D eigenvalue weighted by Gasteiger charge is -2.17. The van der Waals surface area contributed by atoms with E-state index in [1.807, 2.05) is 66.9 Å². The third kappa shape index (κ3) is 4.38. The number of anilines is 2. The summed E-state index contributed by atoms with van der Waals surface area (Å²) in [5.74, 6) is 1.01. The van der Waals surface area contributed by atoms with E-state index in [0.717, 1.165) is 22.5 Å². The van der Waals surface area contributed by atoms with E-state index in [0.29, 0.717) is 22.0 Å². The number of thioether (sulfide) groups is 1. The van der Waals surface area contributed by atoms with E-state index < -0.39 is 0 Å². The van der Waals surface area contributed by atoms with E-state index in [1.54, 1.807) is 4.90 Å². The van der Waals surface area contributed by atoms with E-state index in [1.165, 1.54) is 30.0 Å². The van der Waals surface area contributed by atoms with Crippen LogP contribution in [0.5, 0.6) is 0 Å². The van der Waals surface area contributed by atoms with Gasteiger partial charge < -0.3 is 4.42 Å². The lowest BCUT2D eigenvalue weighted by Crippen LogP contribution is -2.22. The van der Waals surface area contributed by atoms with Gasteiger partial charge in [-0.15, -0.1) is 21.5 Å². The topological polar surface area (TPSA) is 72.1 Å². The van der Waals surface area contributed by atoms with Crippen LogP contribution in [-0.2, 0) is 10.5 Å². The summed E-state index contributed by atoms with van der Waals surface area (Å²) in [5.41, 5.74) is 3.67. The van der Waals surface area contributed by atoms with Gasteiger partial charge in [0.15, 0.2) is 5.13 Å². The number of carbonyl (C=O) groups excluding carboxylic acids is 1. The summed E-state index contributed by atoms with van der Waals surface area (Å²) in [6.45, 7) is 3.55. The van der Waals surface area contributed by atoms with Crippen molar-refractivity contribution in [1.29, 1.82) is 0 Å². The number of aryl methyl sites for hydroxylation is 1. The lowest BCUT2D eigenvalue weighted by atomic mass is 10.1. The van der Waals surface area contributed by atoms with Crippen LogP contribution < -0.4 is 4.90 Å². The standard InChI is InChI=1S/C21H18N4O2S2/c1-14-8-6-7-11-18(14)19-23-24-21(27-19)29-13-16-12-28-20(22-16)25(15(2)26)17-9-4-3-5-10-17/h3-12H,13H2,1-2H3. The molecule has 29 heavy (non-hydrogen) atoms. The molecular formula is C21H18N4O2S2. The summed E-state index contributed by atoms with van der Waals surface area (Å²) >= 11 is 2.86. The van der Waals surface area contributed by atoms with Gasteiger partial charge in [0.2, 0.25) is 11.8 Å². The van der Waals surface area contributed by atoms with Crippen molar-refractivity contribution in [3.8, 4) is 11.5 Å². The largest absolute Gasteiger partial charge is 0.411 e. The Morgan fingerprint density at radius 3 is 2.62 bits per heavy atom. The first-order valence-corrected chi connectivity index (χ1v) is 10.8. The van der Waals surface area contributed by atoms with Gasteiger partial charge in [-0.2, -0.15) is 0 Å². The van der Waals surface area contributed by atoms with Crippen LogP contribution >= 0.6 is 23.1 Å². The van der Waals surface area contributed by atoms with Crippen LogP contribution in [0.25, 0.3) is 11.5 Å². The van der Waals surface area contributed by atoms with Crippen molar-refractivity contribution in [1.82, 2.24) is 15.2 Å². The zero-order valence-corrected chi connectivity index (χ0v) is 17.5. The average Bonchev–Trinajstić information content (AvgIpc) is 3.37. The second-order valence-corrected chi connectivity index (χ2v) is 8.05. The molecule has 1 amide bonds. The van der Waals surface area contributed by atoms with Crippen molar-refractivity contribution in [2.75, 3.05) is 4.90 Å². The molecule has 2 aromatic heterocycles. The molecule has 0 aliphatic heterocycles. The maximum atomic E-state index is 12.2. The summed E-state index contributed by atoms with van der Waals surface area (Å²) in [7, 11) is 0. The highest BCUT2D eigenvalue weighted by Gasteiger charge is 2.18. The number of rotatable bonds is 6. The molecular weight excluding hydrogens is 404 g/mol. The fourth-order valence-corrected chi connectivity index (χ4v) is 4.44. The molecule has 0 aliphatic rings. The summed E-state index contributed by atoms with van der Waals surface area (Å²) in [5, 5.41) is 11.3.